The average Bonchev–Trinajstić information content (AvgIpc) is 2.36. The third-order valence-corrected chi connectivity index (χ3v) is 4.01. The van der Waals surface area contributed by atoms with Gasteiger partial charge in [-0.2, -0.15) is 11.8 Å². The van der Waals surface area contributed by atoms with Crippen LogP contribution in [0.3, 0.4) is 0 Å². The number of halogens is 1. The van der Waals surface area contributed by atoms with Crippen molar-refractivity contribution in [3.05, 3.63) is 34.9 Å². The quantitative estimate of drug-likeness (QED) is 0.815. The summed E-state index contributed by atoms with van der Waals surface area (Å²) >= 11 is 7.96. The van der Waals surface area contributed by atoms with Crippen LogP contribution in [-0.2, 0) is 4.79 Å². The van der Waals surface area contributed by atoms with Gasteiger partial charge >= 0.3 is 5.97 Å². The van der Waals surface area contributed by atoms with Crippen molar-refractivity contribution < 1.29 is 9.90 Å². The molecule has 0 fully saturated rings. The molecule has 1 atom stereocenters. The number of nitrogens with zero attached hydrogens (tertiary/aromatic N) is 1. The van der Waals surface area contributed by atoms with E-state index in [2.05, 4.69) is 18.1 Å². The summed E-state index contributed by atoms with van der Waals surface area (Å²) in [6.07, 6.45) is 4.66. The summed E-state index contributed by atoms with van der Waals surface area (Å²) < 4.78 is 0. The number of carboxylic acid groups (broad SMARTS) is 1. The van der Waals surface area contributed by atoms with Crippen LogP contribution in [0.5, 0.6) is 0 Å². The van der Waals surface area contributed by atoms with E-state index in [1.54, 1.807) is 11.8 Å². The van der Waals surface area contributed by atoms with Crippen LogP contribution < -0.4 is 4.90 Å². The van der Waals surface area contributed by atoms with E-state index in [1.165, 1.54) is 6.08 Å². The van der Waals surface area contributed by atoms with E-state index in [9.17, 15) is 4.79 Å². The molecule has 1 N–H and O–H groups in total. The van der Waals surface area contributed by atoms with Gasteiger partial charge in [0.25, 0.3) is 0 Å². The van der Waals surface area contributed by atoms with Crippen molar-refractivity contribution in [1.29, 1.82) is 0 Å². The first kappa shape index (κ1) is 15.9. The first-order valence-electron chi connectivity index (χ1n) is 5.88. The molecule has 0 aliphatic rings. The van der Waals surface area contributed by atoms with E-state index in [0.29, 0.717) is 16.6 Å². The summed E-state index contributed by atoms with van der Waals surface area (Å²) in [6.45, 7) is 2.16. The topological polar surface area (TPSA) is 40.5 Å². The maximum atomic E-state index is 10.5. The Bertz CT molecular complexity index is 477. The second-order valence-electron chi connectivity index (χ2n) is 4.29. The molecule has 0 aromatic heterocycles. The van der Waals surface area contributed by atoms with Crippen LogP contribution in [-0.4, -0.2) is 36.2 Å². The molecule has 0 aliphatic heterocycles. The Morgan fingerprint density at radius 1 is 1.58 bits per heavy atom. The summed E-state index contributed by atoms with van der Waals surface area (Å²) in [7, 11) is 2.03. The molecule has 0 bridgehead atoms. The normalized spacial score (nSPS) is 12.6. The molecule has 1 aromatic rings. The lowest BCUT2D eigenvalue weighted by Crippen LogP contribution is -2.30. The fourth-order valence-corrected chi connectivity index (χ4v) is 2.58. The van der Waals surface area contributed by atoms with Crippen molar-refractivity contribution in [3.63, 3.8) is 0 Å². The highest BCUT2D eigenvalue weighted by molar-refractivity contribution is 7.98. The molecule has 19 heavy (non-hydrogen) atoms. The number of thioether (sulfide) groups is 1. The van der Waals surface area contributed by atoms with Crippen molar-refractivity contribution in [2.75, 3.05) is 24.0 Å². The first-order valence-corrected chi connectivity index (χ1v) is 7.65. The van der Waals surface area contributed by atoms with E-state index in [-0.39, 0.29) is 0 Å². The van der Waals surface area contributed by atoms with Crippen molar-refractivity contribution in [1.82, 2.24) is 0 Å². The highest BCUT2D eigenvalue weighted by Crippen LogP contribution is 2.25. The first-order chi connectivity index (χ1) is 8.95. The van der Waals surface area contributed by atoms with E-state index in [4.69, 9.17) is 16.7 Å². The molecular weight excluding hydrogens is 282 g/mol. The zero-order chi connectivity index (χ0) is 14.4. The SMILES string of the molecule is CSCC(C)N(C)c1ccc(/C=C/C(=O)O)c(Cl)c1. The van der Waals surface area contributed by atoms with E-state index in [0.717, 1.165) is 17.5 Å². The zero-order valence-electron chi connectivity index (χ0n) is 11.3. The minimum Gasteiger partial charge on any atom is -0.478 e. The lowest BCUT2D eigenvalue weighted by molar-refractivity contribution is -0.131. The molecule has 0 heterocycles. The van der Waals surface area contributed by atoms with Gasteiger partial charge in [-0.25, -0.2) is 4.79 Å². The summed E-state index contributed by atoms with van der Waals surface area (Å²) in [5, 5.41) is 9.15. The Labute approximate surface area is 123 Å². The zero-order valence-corrected chi connectivity index (χ0v) is 12.8. The van der Waals surface area contributed by atoms with Gasteiger partial charge in [0, 0.05) is 35.6 Å². The Hall–Kier alpha value is -1.13. The van der Waals surface area contributed by atoms with Crippen LogP contribution >= 0.6 is 23.4 Å². The summed E-state index contributed by atoms with van der Waals surface area (Å²) in [5.74, 6) is 0.0558. The van der Waals surface area contributed by atoms with Crippen LogP contribution in [0.25, 0.3) is 6.08 Å². The maximum absolute atomic E-state index is 10.5. The Morgan fingerprint density at radius 2 is 2.26 bits per heavy atom. The van der Waals surface area contributed by atoms with Crippen LogP contribution in [0.1, 0.15) is 12.5 Å². The predicted octanol–water partition coefficient (Wildman–Crippen LogP) is 3.63. The lowest BCUT2D eigenvalue weighted by Gasteiger charge is -2.26. The minimum atomic E-state index is -0.981. The number of carbonyl (C=O) groups is 1. The molecule has 5 heteroatoms. The van der Waals surface area contributed by atoms with E-state index >= 15 is 0 Å². The van der Waals surface area contributed by atoms with Gasteiger partial charge in [0.2, 0.25) is 0 Å². The van der Waals surface area contributed by atoms with Gasteiger partial charge in [0.05, 0.1) is 0 Å². The number of rotatable bonds is 6. The molecule has 3 nitrogen and oxygen atoms in total. The molecule has 0 saturated heterocycles. The second kappa shape index (κ2) is 7.46. The van der Waals surface area contributed by atoms with Crippen LogP contribution in [0.2, 0.25) is 5.02 Å². The number of benzene rings is 1. The van der Waals surface area contributed by atoms with Gasteiger partial charge in [-0.15, -0.1) is 0 Å². The average molecular weight is 300 g/mol. The van der Waals surface area contributed by atoms with E-state index < -0.39 is 5.97 Å². The third-order valence-electron chi connectivity index (χ3n) is 2.87. The molecule has 0 amide bonds. The second-order valence-corrected chi connectivity index (χ2v) is 5.61. The fraction of sp³-hybridized carbons (Fsp3) is 0.357. The van der Waals surface area contributed by atoms with Crippen molar-refractivity contribution in [2.24, 2.45) is 0 Å². The number of hydrogen-bond donors (Lipinski definition) is 1. The van der Waals surface area contributed by atoms with Gasteiger partial charge in [-0.05, 0) is 37.0 Å². The Balaban J connectivity index is 2.90. The van der Waals surface area contributed by atoms with Crippen LogP contribution in [0.4, 0.5) is 5.69 Å². The largest absolute Gasteiger partial charge is 0.478 e. The van der Waals surface area contributed by atoms with E-state index in [1.807, 2.05) is 25.2 Å². The van der Waals surface area contributed by atoms with Gasteiger partial charge in [0.1, 0.15) is 0 Å². The number of aliphatic carboxylic acids is 1. The maximum Gasteiger partial charge on any atom is 0.328 e. The van der Waals surface area contributed by atoms with Crippen LogP contribution in [0, 0.1) is 0 Å². The Morgan fingerprint density at radius 3 is 2.79 bits per heavy atom. The van der Waals surface area contributed by atoms with Crippen molar-refractivity contribution in [3.8, 4) is 0 Å². The molecule has 104 valence electrons. The Kier molecular flexibility index (Phi) is 6.25. The number of anilines is 1. The predicted molar refractivity (Wildman–Crippen MR) is 84.4 cm³/mol. The number of carboxylic acids is 1. The van der Waals surface area contributed by atoms with Crippen molar-refractivity contribution in [2.45, 2.75) is 13.0 Å². The summed E-state index contributed by atoms with van der Waals surface area (Å²) in [5.41, 5.74) is 1.73. The standard InChI is InChI=1S/C14H18ClNO2S/c1-10(9-19-3)16(2)12-6-4-11(13(15)8-12)5-7-14(17)18/h4-8,10H,9H2,1-3H3,(H,17,18)/b7-5+. The molecule has 1 rings (SSSR count). The van der Waals surface area contributed by atoms with Gasteiger partial charge in [-0.3, -0.25) is 0 Å². The molecule has 0 radical (unpaired) electrons. The highest BCUT2D eigenvalue weighted by atomic mass is 35.5. The molecule has 0 saturated carbocycles. The van der Waals surface area contributed by atoms with Gasteiger partial charge < -0.3 is 10.0 Å². The highest BCUT2D eigenvalue weighted by Gasteiger charge is 2.10. The van der Waals surface area contributed by atoms with Gasteiger partial charge in [-0.1, -0.05) is 17.7 Å². The third kappa shape index (κ3) is 4.80. The van der Waals surface area contributed by atoms with Crippen LogP contribution in [0.15, 0.2) is 24.3 Å². The molecule has 1 unspecified atom stereocenters. The molecule has 0 spiro atoms. The summed E-state index contributed by atoms with van der Waals surface area (Å²) in [4.78, 5) is 12.6. The number of hydrogen-bond acceptors (Lipinski definition) is 3. The monoisotopic (exact) mass is 299 g/mol. The summed E-state index contributed by atoms with van der Waals surface area (Å²) in [6, 6.07) is 6.05. The van der Waals surface area contributed by atoms with Crippen molar-refractivity contribution >= 4 is 41.1 Å². The lowest BCUT2D eigenvalue weighted by atomic mass is 10.1. The molecule has 1 aromatic carbocycles. The smallest absolute Gasteiger partial charge is 0.328 e. The molecular formula is C14H18ClNO2S. The molecule has 0 aliphatic carbocycles. The minimum absolute atomic E-state index is 0.409. The van der Waals surface area contributed by atoms with Gasteiger partial charge in [0.15, 0.2) is 0 Å². The fourth-order valence-electron chi connectivity index (χ4n) is 1.64.